The van der Waals surface area contributed by atoms with Gasteiger partial charge in [-0.25, -0.2) is 9.78 Å². The van der Waals surface area contributed by atoms with E-state index in [0.29, 0.717) is 17.0 Å². The quantitative estimate of drug-likeness (QED) is 0.360. The molecule has 0 fully saturated rings. The molecule has 2 heterocycles. The average molecular weight is 480 g/mol. The molecule has 1 amide bonds. The molecule has 2 aromatic rings. The molecule has 11 nitrogen and oxygen atoms in total. The molecule has 2 atom stereocenters. The van der Waals surface area contributed by atoms with Crippen LogP contribution in [0.1, 0.15) is 42.6 Å². The van der Waals surface area contributed by atoms with Gasteiger partial charge < -0.3 is 14.8 Å². The van der Waals surface area contributed by atoms with Crippen LogP contribution < -0.4 is 5.32 Å². The molecule has 0 radical (unpaired) electrons. The van der Waals surface area contributed by atoms with Crippen molar-refractivity contribution in [2.45, 2.75) is 26.7 Å². The number of ether oxygens (including phenoxy) is 2. The van der Waals surface area contributed by atoms with Gasteiger partial charge in [0, 0.05) is 41.2 Å². The van der Waals surface area contributed by atoms with Crippen molar-refractivity contribution in [3.63, 3.8) is 0 Å². The molecule has 3 rings (SSSR count). The molecule has 1 N–H and O–H groups in total. The number of non-ortho nitro benzene ring substituents is 1. The molecule has 182 valence electrons. The Kier molecular flexibility index (Phi) is 7.69. The number of nitro benzene ring substituents is 1. The summed E-state index contributed by atoms with van der Waals surface area (Å²) in [5.74, 6) is -3.95. The summed E-state index contributed by atoms with van der Waals surface area (Å²) in [5, 5.41) is 14.0. The van der Waals surface area contributed by atoms with Crippen LogP contribution in [0.3, 0.4) is 0 Å². The Labute approximate surface area is 201 Å². The maximum absolute atomic E-state index is 13.6. The molecule has 0 saturated heterocycles. The van der Waals surface area contributed by atoms with Crippen molar-refractivity contribution in [1.82, 2.24) is 4.98 Å². The number of methoxy groups -OCH3 is 1. The van der Waals surface area contributed by atoms with E-state index in [1.165, 1.54) is 43.6 Å². The van der Waals surface area contributed by atoms with Gasteiger partial charge in [0.05, 0.1) is 18.6 Å². The zero-order chi connectivity index (χ0) is 25.7. The van der Waals surface area contributed by atoms with Gasteiger partial charge in [-0.1, -0.05) is 12.1 Å². The molecule has 1 aromatic heterocycles. The number of aliphatic imine (C=N–C) groups is 1. The van der Waals surface area contributed by atoms with Crippen LogP contribution in [0.5, 0.6) is 0 Å². The van der Waals surface area contributed by atoms with Crippen molar-refractivity contribution in [1.29, 1.82) is 0 Å². The number of nitrogens with one attached hydrogen (secondary N) is 1. The molecular formula is C24H24N4O7. The van der Waals surface area contributed by atoms with Crippen molar-refractivity contribution in [3.8, 4) is 0 Å². The summed E-state index contributed by atoms with van der Waals surface area (Å²) in [6.07, 6.45) is 1.40. The van der Waals surface area contributed by atoms with Crippen LogP contribution in [0.4, 0.5) is 11.5 Å². The van der Waals surface area contributed by atoms with E-state index in [1.807, 2.05) is 0 Å². The van der Waals surface area contributed by atoms with Gasteiger partial charge in [0.25, 0.3) is 11.6 Å². The molecule has 1 aliphatic rings. The topological polar surface area (TPSA) is 150 Å². The number of hydrogen-bond acceptors (Lipinski definition) is 9. The smallest absolute Gasteiger partial charge is 0.341 e. The molecule has 0 saturated carbocycles. The second-order valence-electron chi connectivity index (χ2n) is 7.66. The van der Waals surface area contributed by atoms with Crippen LogP contribution in [0.2, 0.25) is 0 Å². The third kappa shape index (κ3) is 5.24. The van der Waals surface area contributed by atoms with Gasteiger partial charge >= 0.3 is 11.9 Å². The number of benzene rings is 1. The number of amides is 1. The van der Waals surface area contributed by atoms with E-state index in [1.54, 1.807) is 26.8 Å². The molecule has 0 bridgehead atoms. The Balaban J connectivity index is 2.12. The lowest BCUT2D eigenvalue weighted by Crippen LogP contribution is -2.37. The number of carbonyl (C=O) groups excluding carboxylic acids is 3. The number of nitrogens with zero attached hydrogens (tertiary/aromatic N) is 3. The van der Waals surface area contributed by atoms with Crippen LogP contribution in [-0.4, -0.2) is 47.2 Å². The van der Waals surface area contributed by atoms with Crippen molar-refractivity contribution in [2.75, 3.05) is 19.0 Å². The first-order valence-corrected chi connectivity index (χ1v) is 10.7. The van der Waals surface area contributed by atoms with E-state index in [-0.39, 0.29) is 29.2 Å². The Hall–Kier alpha value is -4.41. The zero-order valence-corrected chi connectivity index (χ0v) is 19.6. The van der Waals surface area contributed by atoms with Crippen molar-refractivity contribution in [2.24, 2.45) is 10.9 Å². The summed E-state index contributed by atoms with van der Waals surface area (Å²) in [6, 6.07) is 8.68. The molecule has 0 aliphatic carbocycles. The molecule has 35 heavy (non-hydrogen) atoms. The predicted molar refractivity (Wildman–Crippen MR) is 126 cm³/mol. The number of allylic oxidation sites excluding steroid dienone is 1. The van der Waals surface area contributed by atoms with E-state index in [0.717, 1.165) is 0 Å². The molecule has 1 aliphatic heterocycles. The largest absolute Gasteiger partial charge is 0.468 e. The van der Waals surface area contributed by atoms with E-state index in [9.17, 15) is 24.5 Å². The van der Waals surface area contributed by atoms with Crippen LogP contribution >= 0.6 is 0 Å². The summed E-state index contributed by atoms with van der Waals surface area (Å²) >= 11 is 0. The molecule has 0 spiro atoms. The zero-order valence-electron chi connectivity index (χ0n) is 19.6. The average Bonchev–Trinajstić information content (AvgIpc) is 2.83. The Morgan fingerprint density at radius 1 is 1.17 bits per heavy atom. The number of nitro groups is 1. The first-order chi connectivity index (χ1) is 16.7. The van der Waals surface area contributed by atoms with Gasteiger partial charge in [0.1, 0.15) is 17.3 Å². The lowest BCUT2D eigenvalue weighted by molar-refractivity contribution is -0.384. The van der Waals surface area contributed by atoms with Crippen molar-refractivity contribution < 1.29 is 28.8 Å². The minimum atomic E-state index is -1.00. The van der Waals surface area contributed by atoms with Gasteiger partial charge in [-0.15, -0.1) is 0 Å². The van der Waals surface area contributed by atoms with Gasteiger partial charge in [0.15, 0.2) is 0 Å². The number of rotatable bonds is 7. The third-order valence-corrected chi connectivity index (χ3v) is 5.50. The van der Waals surface area contributed by atoms with Crippen LogP contribution in [0.15, 0.2) is 58.9 Å². The van der Waals surface area contributed by atoms with Crippen molar-refractivity contribution >= 4 is 35.1 Å². The molecule has 11 heteroatoms. The second-order valence-corrected chi connectivity index (χ2v) is 7.66. The highest BCUT2D eigenvalue weighted by atomic mass is 16.6. The number of pyridine rings is 1. The Morgan fingerprint density at radius 2 is 1.91 bits per heavy atom. The highest BCUT2D eigenvalue weighted by molar-refractivity contribution is 6.12. The number of esters is 2. The van der Waals surface area contributed by atoms with Crippen LogP contribution in [0, 0.1) is 16.0 Å². The third-order valence-electron chi connectivity index (χ3n) is 5.50. The van der Waals surface area contributed by atoms with Gasteiger partial charge in [-0.05, 0) is 38.5 Å². The Bertz CT molecular complexity index is 1250. The normalized spacial score (nSPS) is 17.3. The summed E-state index contributed by atoms with van der Waals surface area (Å²) in [5.41, 5.74) is 1.01. The molecule has 2 unspecified atom stereocenters. The maximum atomic E-state index is 13.6. The van der Waals surface area contributed by atoms with Crippen molar-refractivity contribution in [3.05, 3.63) is 75.1 Å². The molecular weight excluding hydrogens is 456 g/mol. The minimum Gasteiger partial charge on any atom is -0.468 e. The standard InChI is InChI=1S/C24H24N4O7/c1-5-35-23(30)17-10-7-11-25-21(17)27-22(29)18-13(2)26-14(3)19(24(31)34-4)20(18)15-8-6-9-16(12-15)28(32)33/h6-12,19-20H,5H2,1-4H3,(H,25,27,29). The summed E-state index contributed by atoms with van der Waals surface area (Å²) in [4.78, 5) is 58.0. The molecule has 1 aromatic carbocycles. The SMILES string of the molecule is CCOC(=O)c1cccnc1NC(=O)C1=C(C)N=C(C)C(C(=O)OC)C1c1cccc([N+](=O)[O-])c1. The highest BCUT2D eigenvalue weighted by Crippen LogP contribution is 2.41. The summed E-state index contributed by atoms with van der Waals surface area (Å²) in [6.45, 7) is 5.01. The fourth-order valence-electron chi connectivity index (χ4n) is 4.01. The highest BCUT2D eigenvalue weighted by Gasteiger charge is 2.42. The Morgan fingerprint density at radius 3 is 2.57 bits per heavy atom. The maximum Gasteiger partial charge on any atom is 0.341 e. The van der Waals surface area contributed by atoms with E-state index < -0.39 is 34.6 Å². The first kappa shape index (κ1) is 25.2. The van der Waals surface area contributed by atoms with Gasteiger partial charge in [0.2, 0.25) is 0 Å². The van der Waals surface area contributed by atoms with Crippen LogP contribution in [-0.2, 0) is 19.1 Å². The number of carbonyl (C=O) groups is 3. The predicted octanol–water partition coefficient (Wildman–Crippen LogP) is 3.43. The monoisotopic (exact) mass is 480 g/mol. The second kappa shape index (κ2) is 10.7. The lowest BCUT2D eigenvalue weighted by Gasteiger charge is -2.31. The number of hydrogen-bond donors (Lipinski definition) is 1. The minimum absolute atomic E-state index is 0.0325. The van der Waals surface area contributed by atoms with Crippen LogP contribution in [0.25, 0.3) is 0 Å². The first-order valence-electron chi connectivity index (χ1n) is 10.7. The van der Waals surface area contributed by atoms with E-state index >= 15 is 0 Å². The number of anilines is 1. The fraction of sp³-hybridized carbons (Fsp3) is 0.292. The van der Waals surface area contributed by atoms with Gasteiger partial charge in [-0.2, -0.15) is 0 Å². The fourth-order valence-corrected chi connectivity index (χ4v) is 4.01. The summed E-state index contributed by atoms with van der Waals surface area (Å²) in [7, 11) is 1.21. The lowest BCUT2D eigenvalue weighted by atomic mass is 9.75. The van der Waals surface area contributed by atoms with E-state index in [4.69, 9.17) is 9.47 Å². The number of aromatic nitrogens is 1. The summed E-state index contributed by atoms with van der Waals surface area (Å²) < 4.78 is 10.00. The van der Waals surface area contributed by atoms with Gasteiger partial charge in [-0.3, -0.25) is 24.7 Å². The van der Waals surface area contributed by atoms with E-state index in [2.05, 4.69) is 15.3 Å².